The van der Waals surface area contributed by atoms with Gasteiger partial charge in [0.25, 0.3) is 5.91 Å². The fourth-order valence-electron chi connectivity index (χ4n) is 3.63. The van der Waals surface area contributed by atoms with Gasteiger partial charge in [0.15, 0.2) is 5.82 Å². The predicted molar refractivity (Wildman–Crippen MR) is 137 cm³/mol. The summed E-state index contributed by atoms with van der Waals surface area (Å²) >= 11 is 5.94. The number of phenolic OH excluding ortho intramolecular Hbond substituents is 1. The summed E-state index contributed by atoms with van der Waals surface area (Å²) in [5, 5.41) is 17.6. The largest absolute Gasteiger partial charge is 0.508 e. The Morgan fingerprint density at radius 3 is 2.57 bits per heavy atom. The van der Waals surface area contributed by atoms with Crippen molar-refractivity contribution < 1.29 is 9.90 Å². The number of carbonyl (C=O) groups is 1. The molecule has 0 spiro atoms. The Labute approximate surface area is 206 Å². The Hall–Kier alpha value is -4.49. The molecule has 8 heteroatoms. The number of hydrogen-bond donors (Lipinski definition) is 3. The van der Waals surface area contributed by atoms with Crippen LogP contribution in [0.4, 0.5) is 11.5 Å². The van der Waals surface area contributed by atoms with E-state index in [2.05, 4.69) is 20.6 Å². The van der Waals surface area contributed by atoms with E-state index in [0.717, 1.165) is 11.1 Å². The van der Waals surface area contributed by atoms with Gasteiger partial charge in [-0.25, -0.2) is 9.97 Å². The van der Waals surface area contributed by atoms with Crippen molar-refractivity contribution in [3.63, 3.8) is 0 Å². The number of aromatic nitrogens is 3. The first-order chi connectivity index (χ1) is 17.1. The van der Waals surface area contributed by atoms with Crippen molar-refractivity contribution >= 4 is 39.9 Å². The highest BCUT2D eigenvalue weighted by Gasteiger charge is 2.15. The van der Waals surface area contributed by atoms with Crippen LogP contribution in [0.2, 0.25) is 5.02 Å². The van der Waals surface area contributed by atoms with Crippen LogP contribution in [0, 0.1) is 0 Å². The molecule has 0 aliphatic rings. The van der Waals surface area contributed by atoms with E-state index >= 15 is 0 Å². The molecular weight excluding hydrogens is 462 g/mol. The second kappa shape index (κ2) is 9.79. The quantitative estimate of drug-likeness (QED) is 0.286. The number of para-hydroxylation sites is 1. The molecule has 172 valence electrons. The molecule has 0 fully saturated rings. The summed E-state index contributed by atoms with van der Waals surface area (Å²) in [6.07, 6.45) is 3.37. The van der Waals surface area contributed by atoms with Gasteiger partial charge in [-0.3, -0.25) is 9.78 Å². The second-order valence-corrected chi connectivity index (χ2v) is 8.26. The minimum atomic E-state index is -0.239. The van der Waals surface area contributed by atoms with Crippen molar-refractivity contribution in [3.8, 4) is 17.1 Å². The number of nitrogens with zero attached hydrogens (tertiary/aromatic N) is 3. The van der Waals surface area contributed by atoms with Gasteiger partial charge in [0.2, 0.25) is 0 Å². The third-order valence-electron chi connectivity index (χ3n) is 5.39. The Bertz CT molecular complexity index is 1510. The fourth-order valence-corrected chi connectivity index (χ4v) is 3.76. The maximum absolute atomic E-state index is 13.0. The number of hydrogen-bond acceptors (Lipinski definition) is 6. The van der Waals surface area contributed by atoms with E-state index in [1.165, 1.54) is 0 Å². The minimum Gasteiger partial charge on any atom is -0.508 e. The second-order valence-electron chi connectivity index (χ2n) is 7.82. The van der Waals surface area contributed by atoms with Crippen LogP contribution in [0.3, 0.4) is 0 Å². The highest BCUT2D eigenvalue weighted by atomic mass is 35.5. The summed E-state index contributed by atoms with van der Waals surface area (Å²) in [5.41, 5.74) is 3.35. The number of halogens is 1. The van der Waals surface area contributed by atoms with Crippen LogP contribution in [0.1, 0.15) is 15.9 Å². The third kappa shape index (κ3) is 5.05. The monoisotopic (exact) mass is 481 g/mol. The molecule has 7 nitrogen and oxygen atoms in total. The van der Waals surface area contributed by atoms with Crippen LogP contribution in [-0.2, 0) is 6.54 Å². The predicted octanol–water partition coefficient (Wildman–Crippen LogP) is 5.72. The fraction of sp³-hybridized carbons (Fsp3) is 0.0370. The number of fused-ring (bicyclic) bond motifs is 1. The van der Waals surface area contributed by atoms with Gasteiger partial charge in [0.1, 0.15) is 11.6 Å². The number of amides is 1. The topological polar surface area (TPSA) is 100 Å². The smallest absolute Gasteiger partial charge is 0.253 e. The molecular formula is C27H20ClN5O2. The van der Waals surface area contributed by atoms with Crippen molar-refractivity contribution in [3.05, 3.63) is 107 Å². The summed E-state index contributed by atoms with van der Waals surface area (Å²) in [7, 11) is 0. The first-order valence-corrected chi connectivity index (χ1v) is 11.2. The molecule has 3 aromatic carbocycles. The zero-order valence-electron chi connectivity index (χ0n) is 18.4. The average Bonchev–Trinajstić information content (AvgIpc) is 2.89. The highest BCUT2D eigenvalue weighted by molar-refractivity contribution is 6.30. The molecule has 0 aliphatic carbocycles. The van der Waals surface area contributed by atoms with Crippen molar-refractivity contribution in [1.29, 1.82) is 0 Å². The molecule has 0 saturated heterocycles. The zero-order chi connectivity index (χ0) is 24.2. The van der Waals surface area contributed by atoms with Crippen LogP contribution in [0.5, 0.6) is 5.75 Å². The average molecular weight is 482 g/mol. The molecule has 0 bridgehead atoms. The number of anilines is 2. The third-order valence-corrected chi connectivity index (χ3v) is 5.64. The first-order valence-electron chi connectivity index (χ1n) is 10.9. The molecule has 2 aromatic heterocycles. The van der Waals surface area contributed by atoms with E-state index in [0.29, 0.717) is 45.4 Å². The van der Waals surface area contributed by atoms with Gasteiger partial charge in [0, 0.05) is 34.9 Å². The molecule has 0 unspecified atom stereocenters. The maximum atomic E-state index is 13.0. The Kier molecular flexibility index (Phi) is 6.24. The molecule has 5 rings (SSSR count). The van der Waals surface area contributed by atoms with Crippen LogP contribution < -0.4 is 10.6 Å². The van der Waals surface area contributed by atoms with Crippen molar-refractivity contribution in [2.45, 2.75) is 6.54 Å². The van der Waals surface area contributed by atoms with E-state index in [-0.39, 0.29) is 11.7 Å². The summed E-state index contributed by atoms with van der Waals surface area (Å²) < 4.78 is 0. The lowest BCUT2D eigenvalue weighted by atomic mass is 10.1. The summed E-state index contributed by atoms with van der Waals surface area (Å²) in [4.78, 5) is 26.5. The molecule has 2 heterocycles. The molecule has 0 saturated carbocycles. The van der Waals surface area contributed by atoms with Gasteiger partial charge in [-0.15, -0.1) is 0 Å². The molecule has 35 heavy (non-hydrogen) atoms. The van der Waals surface area contributed by atoms with Crippen LogP contribution in [-0.4, -0.2) is 26.0 Å². The van der Waals surface area contributed by atoms with Crippen LogP contribution in [0.15, 0.2) is 91.3 Å². The molecule has 0 aliphatic heterocycles. The minimum absolute atomic E-state index is 0.0901. The number of benzene rings is 3. The van der Waals surface area contributed by atoms with E-state index < -0.39 is 0 Å². The molecule has 5 aromatic rings. The lowest BCUT2D eigenvalue weighted by Crippen LogP contribution is -2.23. The van der Waals surface area contributed by atoms with Crippen LogP contribution >= 0.6 is 11.6 Å². The summed E-state index contributed by atoms with van der Waals surface area (Å²) in [6.45, 7) is 0.361. The number of pyridine rings is 1. The van der Waals surface area contributed by atoms with E-state index in [4.69, 9.17) is 16.6 Å². The van der Waals surface area contributed by atoms with Gasteiger partial charge in [-0.1, -0.05) is 35.9 Å². The summed E-state index contributed by atoms with van der Waals surface area (Å²) in [5.74, 6) is 0.787. The zero-order valence-corrected chi connectivity index (χ0v) is 19.2. The van der Waals surface area contributed by atoms with Gasteiger partial charge in [0.05, 0.1) is 16.8 Å². The van der Waals surface area contributed by atoms with Gasteiger partial charge in [-0.05, 0) is 60.2 Å². The number of carbonyl (C=O) groups excluding carboxylic acids is 1. The Morgan fingerprint density at radius 2 is 1.77 bits per heavy atom. The van der Waals surface area contributed by atoms with Gasteiger partial charge < -0.3 is 15.7 Å². The maximum Gasteiger partial charge on any atom is 0.253 e. The molecule has 3 N–H and O–H groups in total. The van der Waals surface area contributed by atoms with Crippen molar-refractivity contribution in [2.24, 2.45) is 0 Å². The van der Waals surface area contributed by atoms with Gasteiger partial charge >= 0.3 is 0 Å². The molecule has 1 amide bonds. The first kappa shape index (κ1) is 22.3. The van der Waals surface area contributed by atoms with Gasteiger partial charge in [-0.2, -0.15) is 0 Å². The molecule has 0 radical (unpaired) electrons. The normalized spacial score (nSPS) is 10.8. The summed E-state index contributed by atoms with van der Waals surface area (Å²) in [6, 6.07) is 23.1. The van der Waals surface area contributed by atoms with E-state index in [1.807, 2.05) is 30.3 Å². The SMILES string of the molecule is O=C(NCc1ccc(Cl)cc1)c1ccccc1Nc1nc(-c2cccnc2)nc2ccc(O)cc12. The Balaban J connectivity index is 1.48. The van der Waals surface area contributed by atoms with Crippen molar-refractivity contribution in [2.75, 3.05) is 5.32 Å². The lowest BCUT2D eigenvalue weighted by Gasteiger charge is -2.14. The number of aromatic hydroxyl groups is 1. The number of rotatable bonds is 6. The lowest BCUT2D eigenvalue weighted by molar-refractivity contribution is 0.0951. The van der Waals surface area contributed by atoms with E-state index in [1.54, 1.807) is 60.9 Å². The number of nitrogens with one attached hydrogen (secondary N) is 2. The van der Waals surface area contributed by atoms with E-state index in [9.17, 15) is 9.90 Å². The standard InChI is InChI=1S/C27H20ClN5O2/c28-19-9-7-17(8-10-19)15-30-27(35)21-5-1-2-6-23(21)32-26-22-14-20(34)11-12-24(22)31-25(33-26)18-4-3-13-29-16-18/h1-14,16,34H,15H2,(H,30,35)(H,31,32,33). The van der Waals surface area contributed by atoms with Crippen molar-refractivity contribution in [1.82, 2.24) is 20.3 Å². The number of phenols is 1. The van der Waals surface area contributed by atoms with Crippen LogP contribution in [0.25, 0.3) is 22.3 Å². The Morgan fingerprint density at radius 1 is 0.943 bits per heavy atom. The molecule has 0 atom stereocenters. The highest BCUT2D eigenvalue weighted by Crippen LogP contribution is 2.30.